The molecule has 0 atom stereocenters. The molecule has 0 radical (unpaired) electrons. The normalized spacial score (nSPS) is 12.4. The Balaban J connectivity index is 0.829. The second-order valence-electron chi connectivity index (χ2n) is 20.8. The standard InChI is InChI=1S/C77H52N2/c1-5-18-53(19-6-1)55-38-42-65(43-39-55)79-75-31-16-14-29-71(75)72-51-62(41-47-76(72)79)57-34-32-56(33-35-57)58-22-17-27-66(49-58)78(67-44-40-60-48-59(36-37-61(60)50-67)54-20-7-2-8-21-54)68-45-46-70-69-28-13-15-30-73(69)77(74(70)52-68,63-23-9-3-10-24-63)64-25-11-4-12-26-64/h1-52H. The largest absolute Gasteiger partial charge is 0.310 e. The lowest BCUT2D eigenvalue weighted by molar-refractivity contribution is 0.768. The van der Waals surface area contributed by atoms with Gasteiger partial charge < -0.3 is 9.47 Å². The fourth-order valence-electron chi connectivity index (χ4n) is 12.7. The Hall–Kier alpha value is -10.3. The number of aromatic nitrogens is 1. The van der Waals surface area contributed by atoms with Crippen LogP contribution in [0.25, 0.3) is 93.9 Å². The van der Waals surface area contributed by atoms with E-state index in [4.69, 9.17) is 0 Å². The summed E-state index contributed by atoms with van der Waals surface area (Å²) in [6, 6.07) is 116. The number of benzene rings is 13. The van der Waals surface area contributed by atoms with Crippen LogP contribution in [0.4, 0.5) is 17.1 Å². The highest BCUT2D eigenvalue weighted by molar-refractivity contribution is 6.10. The van der Waals surface area contributed by atoms with E-state index in [0.717, 1.165) is 33.9 Å². The Morgan fingerprint density at radius 1 is 0.253 bits per heavy atom. The first-order valence-electron chi connectivity index (χ1n) is 27.3. The van der Waals surface area contributed by atoms with E-state index < -0.39 is 5.41 Å². The van der Waals surface area contributed by atoms with Gasteiger partial charge in [-0.25, -0.2) is 0 Å². The van der Waals surface area contributed by atoms with Crippen molar-refractivity contribution in [2.45, 2.75) is 5.41 Å². The highest BCUT2D eigenvalue weighted by Gasteiger charge is 2.46. The van der Waals surface area contributed by atoms with Crippen LogP contribution in [-0.4, -0.2) is 4.57 Å². The summed E-state index contributed by atoms with van der Waals surface area (Å²) in [5.41, 5.74) is 23.4. The van der Waals surface area contributed by atoms with Crippen molar-refractivity contribution >= 4 is 49.6 Å². The van der Waals surface area contributed by atoms with Gasteiger partial charge in [0.15, 0.2) is 0 Å². The Bertz CT molecular complexity index is 4520. The lowest BCUT2D eigenvalue weighted by atomic mass is 9.67. The van der Waals surface area contributed by atoms with Crippen LogP contribution < -0.4 is 4.90 Å². The molecule has 0 bridgehead atoms. The third kappa shape index (κ3) is 7.79. The summed E-state index contributed by atoms with van der Waals surface area (Å²) in [5.74, 6) is 0. The molecule has 14 aromatic rings. The smallest absolute Gasteiger partial charge is 0.0714 e. The molecule has 0 saturated carbocycles. The molecule has 370 valence electrons. The van der Waals surface area contributed by atoms with Crippen LogP contribution in [0.3, 0.4) is 0 Å². The summed E-state index contributed by atoms with van der Waals surface area (Å²) in [5, 5.41) is 4.87. The molecular weight excluding hydrogens is 953 g/mol. The summed E-state index contributed by atoms with van der Waals surface area (Å²) in [4.78, 5) is 2.45. The maximum absolute atomic E-state index is 2.47. The van der Waals surface area contributed by atoms with E-state index in [2.05, 4.69) is 325 Å². The minimum Gasteiger partial charge on any atom is -0.310 e. The number of rotatable bonds is 10. The number of hydrogen-bond acceptors (Lipinski definition) is 1. The molecule has 79 heavy (non-hydrogen) atoms. The van der Waals surface area contributed by atoms with E-state index in [0.29, 0.717) is 0 Å². The van der Waals surface area contributed by atoms with Crippen LogP contribution in [0.15, 0.2) is 315 Å². The van der Waals surface area contributed by atoms with Gasteiger partial charge in [-0.2, -0.15) is 0 Å². The van der Waals surface area contributed by atoms with E-state index in [1.54, 1.807) is 0 Å². The van der Waals surface area contributed by atoms with Crippen molar-refractivity contribution in [2.24, 2.45) is 0 Å². The molecule has 0 fully saturated rings. The Morgan fingerprint density at radius 3 is 1.43 bits per heavy atom. The van der Waals surface area contributed by atoms with Crippen molar-refractivity contribution < 1.29 is 0 Å². The minimum atomic E-state index is -0.534. The van der Waals surface area contributed by atoms with Gasteiger partial charge in [0.1, 0.15) is 0 Å². The number of nitrogens with zero attached hydrogens (tertiary/aromatic N) is 2. The van der Waals surface area contributed by atoms with Crippen molar-refractivity contribution in [1.82, 2.24) is 4.57 Å². The molecule has 1 aliphatic carbocycles. The van der Waals surface area contributed by atoms with Crippen molar-refractivity contribution in [3.63, 3.8) is 0 Å². The van der Waals surface area contributed by atoms with Gasteiger partial charge in [-0.1, -0.05) is 243 Å². The van der Waals surface area contributed by atoms with Gasteiger partial charge in [0.25, 0.3) is 0 Å². The first kappa shape index (κ1) is 46.1. The summed E-state index contributed by atoms with van der Waals surface area (Å²) >= 11 is 0. The molecule has 1 aromatic heterocycles. The lowest BCUT2D eigenvalue weighted by Gasteiger charge is -2.35. The SMILES string of the molecule is c1ccc(-c2ccc(-n3c4ccccc4c4cc(-c5ccc(-c6cccc(N(c7ccc8c(c7)C(c7ccccc7)(c7ccccc7)c7ccccc7-8)c7ccc8cc(-c9ccccc9)ccc8c7)c6)cc5)ccc43)cc2)cc1. The molecule has 0 aliphatic heterocycles. The van der Waals surface area contributed by atoms with Crippen molar-refractivity contribution in [3.05, 3.63) is 338 Å². The van der Waals surface area contributed by atoms with Crippen LogP contribution in [0.5, 0.6) is 0 Å². The van der Waals surface area contributed by atoms with Gasteiger partial charge in [0.2, 0.25) is 0 Å². The third-order valence-electron chi connectivity index (χ3n) is 16.5. The highest BCUT2D eigenvalue weighted by Crippen LogP contribution is 2.57. The third-order valence-corrected chi connectivity index (χ3v) is 16.5. The maximum Gasteiger partial charge on any atom is 0.0714 e. The van der Waals surface area contributed by atoms with Crippen molar-refractivity contribution in [1.29, 1.82) is 0 Å². The molecule has 2 heteroatoms. The van der Waals surface area contributed by atoms with Crippen LogP contribution in [-0.2, 0) is 5.41 Å². The molecule has 15 rings (SSSR count). The van der Waals surface area contributed by atoms with Gasteiger partial charge in [-0.3, -0.25) is 0 Å². The van der Waals surface area contributed by atoms with Crippen LogP contribution in [0.2, 0.25) is 0 Å². The molecule has 2 nitrogen and oxygen atoms in total. The predicted molar refractivity (Wildman–Crippen MR) is 332 cm³/mol. The zero-order valence-corrected chi connectivity index (χ0v) is 43.4. The monoisotopic (exact) mass is 1000 g/mol. The molecule has 0 spiro atoms. The van der Waals surface area contributed by atoms with E-state index in [-0.39, 0.29) is 0 Å². The fourth-order valence-corrected chi connectivity index (χ4v) is 12.7. The average molecular weight is 1010 g/mol. The number of para-hydroxylation sites is 1. The lowest BCUT2D eigenvalue weighted by Crippen LogP contribution is -2.28. The molecule has 0 unspecified atom stereocenters. The topological polar surface area (TPSA) is 8.17 Å². The van der Waals surface area contributed by atoms with Crippen molar-refractivity contribution in [2.75, 3.05) is 4.90 Å². The fraction of sp³-hybridized carbons (Fsp3) is 0.0130. The summed E-state index contributed by atoms with van der Waals surface area (Å²) in [6.45, 7) is 0. The van der Waals surface area contributed by atoms with Gasteiger partial charge in [0, 0.05) is 33.5 Å². The molecule has 0 amide bonds. The van der Waals surface area contributed by atoms with Crippen LogP contribution >= 0.6 is 0 Å². The molecular formula is C77H52N2. The van der Waals surface area contributed by atoms with Gasteiger partial charge in [0.05, 0.1) is 16.4 Å². The maximum atomic E-state index is 2.47. The number of fused-ring (bicyclic) bond motifs is 7. The Kier molecular flexibility index (Phi) is 11.1. The Morgan fingerprint density at radius 2 is 0.709 bits per heavy atom. The second kappa shape index (κ2) is 19.1. The van der Waals surface area contributed by atoms with Crippen LogP contribution in [0.1, 0.15) is 22.3 Å². The molecule has 1 heterocycles. The Labute approximate surface area is 461 Å². The zero-order chi connectivity index (χ0) is 52.3. The van der Waals surface area contributed by atoms with Gasteiger partial charge in [-0.15, -0.1) is 0 Å². The minimum absolute atomic E-state index is 0.534. The second-order valence-corrected chi connectivity index (χ2v) is 20.8. The molecule has 1 aliphatic rings. The molecule has 0 saturated heterocycles. The number of hydrogen-bond donors (Lipinski definition) is 0. The van der Waals surface area contributed by atoms with Crippen molar-refractivity contribution in [3.8, 4) is 61.3 Å². The summed E-state index contributed by atoms with van der Waals surface area (Å²) < 4.78 is 2.40. The highest BCUT2D eigenvalue weighted by atomic mass is 15.1. The first-order valence-corrected chi connectivity index (χ1v) is 27.3. The average Bonchev–Trinajstić information content (AvgIpc) is 4.25. The van der Waals surface area contributed by atoms with E-state index in [1.165, 1.54) is 99.3 Å². The summed E-state index contributed by atoms with van der Waals surface area (Å²) in [7, 11) is 0. The summed E-state index contributed by atoms with van der Waals surface area (Å²) in [6.07, 6.45) is 0. The van der Waals surface area contributed by atoms with Gasteiger partial charge >= 0.3 is 0 Å². The number of anilines is 3. The zero-order valence-electron chi connectivity index (χ0n) is 43.4. The van der Waals surface area contributed by atoms with E-state index in [9.17, 15) is 0 Å². The van der Waals surface area contributed by atoms with E-state index in [1.807, 2.05) is 0 Å². The van der Waals surface area contributed by atoms with Crippen LogP contribution in [0, 0.1) is 0 Å². The molecule has 0 N–H and O–H groups in total. The van der Waals surface area contributed by atoms with Gasteiger partial charge in [-0.05, 0) is 161 Å². The molecule has 13 aromatic carbocycles. The quantitative estimate of drug-likeness (QED) is 0.133. The van der Waals surface area contributed by atoms with E-state index >= 15 is 0 Å². The first-order chi connectivity index (χ1) is 39.2. The predicted octanol–water partition coefficient (Wildman–Crippen LogP) is 20.4.